The summed E-state index contributed by atoms with van der Waals surface area (Å²) in [6, 6.07) is 35.3. The van der Waals surface area contributed by atoms with Crippen molar-refractivity contribution in [2.45, 2.75) is 10.1 Å². The first-order valence-electron chi connectivity index (χ1n) is 11.3. The van der Waals surface area contributed by atoms with Crippen LogP contribution in [0, 0.1) is 0 Å². The second-order valence-electron chi connectivity index (χ2n) is 7.86. The molecule has 1 heterocycles. The summed E-state index contributed by atoms with van der Waals surface area (Å²) < 4.78 is 1.04. The maximum absolute atomic E-state index is 13.4. The summed E-state index contributed by atoms with van der Waals surface area (Å²) in [5.41, 5.74) is 3.55. The third-order valence-electron chi connectivity index (χ3n) is 5.24. The predicted molar refractivity (Wildman–Crippen MR) is 156 cm³/mol. The number of fused-ring (bicyclic) bond motifs is 1. The highest BCUT2D eigenvalue weighted by molar-refractivity contribution is 8.00. The fourth-order valence-electron chi connectivity index (χ4n) is 3.60. The Bertz CT molecular complexity index is 1460. The molecule has 0 spiro atoms. The number of thiocarbonyl (C=S) groups is 1. The Morgan fingerprint density at radius 1 is 0.778 bits per heavy atom. The summed E-state index contributed by atoms with van der Waals surface area (Å²) in [6.07, 6.45) is 0. The van der Waals surface area contributed by atoms with Crippen LogP contribution < -0.4 is 16.0 Å². The van der Waals surface area contributed by atoms with Crippen molar-refractivity contribution in [2.75, 3.05) is 16.0 Å². The zero-order chi connectivity index (χ0) is 24.7. The fraction of sp³-hybridized carbons (Fsp3) is 0.0357. The molecule has 1 unspecified atom stereocenters. The standard InChI is InChI=1S/C28H22N4OS3/c33-26(32-28-31-23-16-7-8-17-24(23)36-28)25(19-10-3-1-4-11-19)35-22-15-9-14-21(18-22)30-27(34)29-20-12-5-2-6-13-20/h1-18,25H,(H2,29,30,34)(H,31,32,33). The molecule has 0 saturated carbocycles. The largest absolute Gasteiger partial charge is 0.332 e. The molecule has 0 fully saturated rings. The number of amides is 1. The number of benzene rings is 4. The van der Waals surface area contributed by atoms with Crippen molar-refractivity contribution in [2.24, 2.45) is 0 Å². The van der Waals surface area contributed by atoms with Gasteiger partial charge < -0.3 is 16.0 Å². The number of hydrogen-bond donors (Lipinski definition) is 3. The van der Waals surface area contributed by atoms with Gasteiger partial charge in [-0.3, -0.25) is 4.79 Å². The lowest BCUT2D eigenvalue weighted by atomic mass is 10.1. The molecular weight excluding hydrogens is 505 g/mol. The van der Waals surface area contributed by atoms with Gasteiger partial charge in [0.2, 0.25) is 5.91 Å². The number of carbonyl (C=O) groups excluding carboxylic acids is 1. The van der Waals surface area contributed by atoms with Crippen LogP contribution in [0.5, 0.6) is 0 Å². The second kappa shape index (κ2) is 11.3. The fourth-order valence-corrected chi connectivity index (χ4v) is 5.78. The van der Waals surface area contributed by atoms with Crippen LogP contribution in [0.2, 0.25) is 0 Å². The zero-order valence-corrected chi connectivity index (χ0v) is 21.5. The number of rotatable bonds is 7. The van der Waals surface area contributed by atoms with E-state index in [2.05, 4.69) is 20.9 Å². The Kier molecular flexibility index (Phi) is 7.56. The van der Waals surface area contributed by atoms with Crippen LogP contribution in [0.25, 0.3) is 10.2 Å². The molecule has 1 aromatic heterocycles. The predicted octanol–water partition coefficient (Wildman–Crippen LogP) is 7.58. The lowest BCUT2D eigenvalue weighted by Gasteiger charge is -2.17. The second-order valence-corrected chi connectivity index (χ2v) is 10.5. The van der Waals surface area contributed by atoms with E-state index in [1.807, 2.05) is 109 Å². The summed E-state index contributed by atoms with van der Waals surface area (Å²) in [7, 11) is 0. The van der Waals surface area contributed by atoms with E-state index in [-0.39, 0.29) is 5.91 Å². The highest BCUT2D eigenvalue weighted by Gasteiger charge is 2.23. The van der Waals surface area contributed by atoms with E-state index < -0.39 is 5.25 Å². The number of anilines is 3. The Morgan fingerprint density at radius 2 is 1.44 bits per heavy atom. The number of nitrogens with zero attached hydrogens (tertiary/aromatic N) is 1. The summed E-state index contributed by atoms with van der Waals surface area (Å²) in [5, 5.41) is 10.1. The Labute approximate surface area is 223 Å². The van der Waals surface area contributed by atoms with E-state index in [4.69, 9.17) is 12.2 Å². The lowest BCUT2D eigenvalue weighted by molar-refractivity contribution is -0.115. The van der Waals surface area contributed by atoms with Crippen molar-refractivity contribution >= 4 is 73.1 Å². The number of carbonyl (C=O) groups is 1. The van der Waals surface area contributed by atoms with Gasteiger partial charge in [-0.25, -0.2) is 4.98 Å². The molecule has 4 aromatic carbocycles. The minimum atomic E-state index is -0.456. The quantitative estimate of drug-likeness (QED) is 0.150. The molecule has 0 saturated heterocycles. The highest BCUT2D eigenvalue weighted by atomic mass is 32.2. The van der Waals surface area contributed by atoms with Crippen molar-refractivity contribution in [3.8, 4) is 0 Å². The number of thiazole rings is 1. The van der Waals surface area contributed by atoms with Gasteiger partial charge in [0.1, 0.15) is 5.25 Å². The molecule has 5 rings (SSSR count). The van der Waals surface area contributed by atoms with Crippen molar-refractivity contribution < 1.29 is 4.79 Å². The van der Waals surface area contributed by atoms with Gasteiger partial charge in [0.15, 0.2) is 10.2 Å². The lowest BCUT2D eigenvalue weighted by Crippen LogP contribution is -2.19. The SMILES string of the molecule is O=C(Nc1nc2ccccc2s1)C(Sc1cccc(NC(=S)Nc2ccccc2)c1)c1ccccc1. The van der Waals surface area contributed by atoms with Gasteiger partial charge >= 0.3 is 0 Å². The van der Waals surface area contributed by atoms with E-state index in [9.17, 15) is 4.79 Å². The van der Waals surface area contributed by atoms with Gasteiger partial charge in [0.05, 0.1) is 10.2 Å². The molecule has 0 bridgehead atoms. The van der Waals surface area contributed by atoms with Crippen LogP contribution in [0.4, 0.5) is 16.5 Å². The molecule has 0 aliphatic carbocycles. The monoisotopic (exact) mass is 526 g/mol. The maximum Gasteiger partial charge on any atom is 0.244 e. The average Bonchev–Trinajstić information content (AvgIpc) is 3.31. The van der Waals surface area contributed by atoms with E-state index in [1.54, 1.807) is 0 Å². The molecule has 0 aliphatic rings. The minimum absolute atomic E-state index is 0.120. The van der Waals surface area contributed by atoms with E-state index in [1.165, 1.54) is 23.1 Å². The third kappa shape index (κ3) is 6.09. The first-order valence-corrected chi connectivity index (χ1v) is 13.4. The molecule has 5 nitrogen and oxygen atoms in total. The van der Waals surface area contributed by atoms with Crippen LogP contribution in [0.15, 0.2) is 114 Å². The van der Waals surface area contributed by atoms with E-state index >= 15 is 0 Å². The van der Waals surface area contributed by atoms with Crippen molar-refractivity contribution in [3.05, 3.63) is 115 Å². The first kappa shape index (κ1) is 24.0. The first-order chi connectivity index (χ1) is 17.6. The molecule has 36 heavy (non-hydrogen) atoms. The molecule has 1 amide bonds. The van der Waals surface area contributed by atoms with Gasteiger partial charge in [-0.1, -0.05) is 78.1 Å². The molecule has 0 aliphatic heterocycles. The van der Waals surface area contributed by atoms with Gasteiger partial charge in [0, 0.05) is 16.3 Å². The van der Waals surface area contributed by atoms with Crippen LogP contribution in [-0.2, 0) is 4.79 Å². The van der Waals surface area contributed by atoms with Crippen LogP contribution in [0.1, 0.15) is 10.8 Å². The average molecular weight is 527 g/mol. The number of nitrogens with one attached hydrogen (secondary N) is 3. The number of aromatic nitrogens is 1. The van der Waals surface area contributed by atoms with Gasteiger partial charge in [-0.15, -0.1) is 11.8 Å². The Hall–Kier alpha value is -3.72. The normalized spacial score (nSPS) is 11.6. The number of para-hydroxylation sites is 2. The molecule has 178 valence electrons. The molecule has 5 aromatic rings. The topological polar surface area (TPSA) is 66.0 Å². The number of hydrogen-bond acceptors (Lipinski definition) is 5. The molecule has 3 N–H and O–H groups in total. The zero-order valence-electron chi connectivity index (χ0n) is 19.0. The van der Waals surface area contributed by atoms with Crippen molar-refractivity contribution in [1.29, 1.82) is 0 Å². The van der Waals surface area contributed by atoms with Gasteiger partial charge in [0.25, 0.3) is 0 Å². The van der Waals surface area contributed by atoms with Crippen molar-refractivity contribution in [3.63, 3.8) is 0 Å². The van der Waals surface area contributed by atoms with Gasteiger partial charge in [-0.05, 0) is 60.2 Å². The van der Waals surface area contributed by atoms with Crippen molar-refractivity contribution in [1.82, 2.24) is 4.98 Å². The van der Waals surface area contributed by atoms with Crippen LogP contribution in [-0.4, -0.2) is 16.0 Å². The Morgan fingerprint density at radius 3 is 2.22 bits per heavy atom. The van der Waals surface area contributed by atoms with E-state index in [0.29, 0.717) is 10.2 Å². The third-order valence-corrected chi connectivity index (χ3v) is 7.65. The Balaban J connectivity index is 1.33. The summed E-state index contributed by atoms with van der Waals surface area (Å²) in [6.45, 7) is 0. The molecule has 1 atom stereocenters. The molecule has 0 radical (unpaired) electrons. The van der Waals surface area contributed by atoms with E-state index in [0.717, 1.165) is 32.1 Å². The summed E-state index contributed by atoms with van der Waals surface area (Å²) in [4.78, 5) is 19.0. The maximum atomic E-state index is 13.4. The summed E-state index contributed by atoms with van der Waals surface area (Å²) >= 11 is 8.42. The van der Waals surface area contributed by atoms with Crippen LogP contribution >= 0.6 is 35.3 Å². The van der Waals surface area contributed by atoms with Crippen LogP contribution in [0.3, 0.4) is 0 Å². The smallest absolute Gasteiger partial charge is 0.244 e. The molecular formula is C28H22N4OS3. The minimum Gasteiger partial charge on any atom is -0.332 e. The number of thioether (sulfide) groups is 1. The highest BCUT2D eigenvalue weighted by Crippen LogP contribution is 2.38. The molecule has 8 heteroatoms. The van der Waals surface area contributed by atoms with Gasteiger partial charge in [-0.2, -0.15) is 0 Å². The summed E-state index contributed by atoms with van der Waals surface area (Å²) in [5.74, 6) is -0.120.